The van der Waals surface area contributed by atoms with Crippen LogP contribution in [0.5, 0.6) is 0 Å². The summed E-state index contributed by atoms with van der Waals surface area (Å²) in [4.78, 5) is 23.4. The van der Waals surface area contributed by atoms with Gasteiger partial charge in [0.1, 0.15) is 10.8 Å². The third-order valence-electron chi connectivity index (χ3n) is 4.24. The molecule has 2 heterocycles. The van der Waals surface area contributed by atoms with Gasteiger partial charge in [0.2, 0.25) is 0 Å². The summed E-state index contributed by atoms with van der Waals surface area (Å²) in [5, 5.41) is 3.99. The molecular formula is C18H22N4OS. The number of anilines is 1. The molecular weight excluding hydrogens is 320 g/mol. The monoisotopic (exact) mass is 342 g/mol. The standard InChI is InChI=1S/C18H22N4OS/c1-24-17-12-19-11-16(21-17)22-9-5-6-14(13-22)10-20-18(23)15-7-3-2-4-8-15/h2-4,7-8,11-12,14H,5-6,9-10,13H2,1H3,(H,20,23). The number of nitrogens with zero attached hydrogens (tertiary/aromatic N) is 3. The number of piperidine rings is 1. The normalized spacial score (nSPS) is 17.5. The number of thioether (sulfide) groups is 1. The number of aromatic nitrogens is 2. The first-order valence-electron chi connectivity index (χ1n) is 8.20. The minimum atomic E-state index is -0.00287. The second-order valence-corrected chi connectivity index (χ2v) is 6.78. The molecule has 0 aliphatic carbocycles. The lowest BCUT2D eigenvalue weighted by molar-refractivity contribution is 0.0945. The maximum Gasteiger partial charge on any atom is 0.251 e. The predicted octanol–water partition coefficient (Wildman–Crippen LogP) is 2.84. The van der Waals surface area contributed by atoms with Gasteiger partial charge in [-0.05, 0) is 37.1 Å². The number of nitrogens with one attached hydrogen (secondary N) is 1. The molecule has 1 aliphatic heterocycles. The van der Waals surface area contributed by atoms with Gasteiger partial charge in [-0.1, -0.05) is 18.2 Å². The van der Waals surface area contributed by atoms with Crippen LogP contribution in [0.25, 0.3) is 0 Å². The van der Waals surface area contributed by atoms with Crippen molar-refractivity contribution in [1.82, 2.24) is 15.3 Å². The molecule has 1 atom stereocenters. The number of hydrogen-bond donors (Lipinski definition) is 1. The highest BCUT2D eigenvalue weighted by Gasteiger charge is 2.22. The Morgan fingerprint density at radius 1 is 1.33 bits per heavy atom. The van der Waals surface area contributed by atoms with Gasteiger partial charge in [-0.25, -0.2) is 4.98 Å². The van der Waals surface area contributed by atoms with E-state index in [1.165, 1.54) is 0 Å². The Kier molecular flexibility index (Phi) is 5.69. The van der Waals surface area contributed by atoms with Gasteiger partial charge in [-0.2, -0.15) is 0 Å². The average molecular weight is 342 g/mol. The molecule has 0 bridgehead atoms. The molecule has 1 N–H and O–H groups in total. The van der Waals surface area contributed by atoms with Crippen LogP contribution < -0.4 is 10.2 Å². The van der Waals surface area contributed by atoms with Crippen molar-refractivity contribution >= 4 is 23.5 Å². The van der Waals surface area contributed by atoms with E-state index in [-0.39, 0.29) is 5.91 Å². The molecule has 0 saturated carbocycles. The first-order valence-corrected chi connectivity index (χ1v) is 9.43. The first-order chi connectivity index (χ1) is 11.8. The molecule has 1 aromatic carbocycles. The number of hydrogen-bond acceptors (Lipinski definition) is 5. The summed E-state index contributed by atoms with van der Waals surface area (Å²) < 4.78 is 0. The van der Waals surface area contributed by atoms with Crippen LogP contribution in [0.4, 0.5) is 5.82 Å². The van der Waals surface area contributed by atoms with Crippen LogP contribution in [-0.4, -0.2) is 41.8 Å². The fourth-order valence-electron chi connectivity index (χ4n) is 2.96. The third-order valence-corrected chi connectivity index (χ3v) is 4.85. The fraction of sp³-hybridized carbons (Fsp3) is 0.389. The summed E-state index contributed by atoms with van der Waals surface area (Å²) in [5.74, 6) is 1.36. The van der Waals surface area contributed by atoms with Crippen LogP contribution >= 0.6 is 11.8 Å². The molecule has 1 saturated heterocycles. The minimum absolute atomic E-state index is 0.00287. The Morgan fingerprint density at radius 2 is 2.17 bits per heavy atom. The van der Waals surface area contributed by atoms with E-state index in [2.05, 4.69) is 20.2 Å². The maximum absolute atomic E-state index is 12.2. The van der Waals surface area contributed by atoms with Crippen molar-refractivity contribution in [1.29, 1.82) is 0 Å². The van der Waals surface area contributed by atoms with Crippen molar-refractivity contribution in [3.63, 3.8) is 0 Å². The molecule has 126 valence electrons. The van der Waals surface area contributed by atoms with Gasteiger partial charge >= 0.3 is 0 Å². The van der Waals surface area contributed by atoms with Crippen molar-refractivity contribution in [3.05, 3.63) is 48.3 Å². The van der Waals surface area contributed by atoms with E-state index < -0.39 is 0 Å². The van der Waals surface area contributed by atoms with E-state index >= 15 is 0 Å². The van der Waals surface area contributed by atoms with E-state index in [0.29, 0.717) is 18.0 Å². The zero-order valence-electron chi connectivity index (χ0n) is 13.8. The summed E-state index contributed by atoms with van der Waals surface area (Å²) in [5.41, 5.74) is 0.712. The minimum Gasteiger partial charge on any atom is -0.355 e. The number of rotatable bonds is 5. The lowest BCUT2D eigenvalue weighted by Gasteiger charge is -2.33. The average Bonchev–Trinajstić information content (AvgIpc) is 2.67. The Labute approximate surface area is 146 Å². The Bertz CT molecular complexity index is 680. The number of carbonyl (C=O) groups is 1. The molecule has 3 rings (SSSR count). The van der Waals surface area contributed by atoms with Crippen LogP contribution in [0.2, 0.25) is 0 Å². The summed E-state index contributed by atoms with van der Waals surface area (Å²) in [6.07, 6.45) is 7.85. The number of carbonyl (C=O) groups excluding carboxylic acids is 1. The summed E-state index contributed by atoms with van der Waals surface area (Å²) in [6, 6.07) is 9.36. The molecule has 2 aromatic rings. The summed E-state index contributed by atoms with van der Waals surface area (Å²) in [6.45, 7) is 2.59. The quantitative estimate of drug-likeness (QED) is 0.847. The highest BCUT2D eigenvalue weighted by molar-refractivity contribution is 7.98. The van der Waals surface area contributed by atoms with Crippen molar-refractivity contribution in [2.75, 3.05) is 30.8 Å². The largest absolute Gasteiger partial charge is 0.355 e. The highest BCUT2D eigenvalue weighted by Crippen LogP contribution is 2.22. The fourth-order valence-corrected chi connectivity index (χ4v) is 3.31. The van der Waals surface area contributed by atoms with Gasteiger partial charge in [-0.3, -0.25) is 9.78 Å². The van der Waals surface area contributed by atoms with Gasteiger partial charge in [0.15, 0.2) is 0 Å². The molecule has 1 aliphatic rings. The zero-order valence-corrected chi connectivity index (χ0v) is 14.6. The zero-order chi connectivity index (χ0) is 16.8. The van der Waals surface area contributed by atoms with Crippen LogP contribution in [0.3, 0.4) is 0 Å². The second kappa shape index (κ2) is 8.15. The Balaban J connectivity index is 1.56. The Hall–Kier alpha value is -2.08. The molecule has 5 nitrogen and oxygen atoms in total. The topological polar surface area (TPSA) is 58.1 Å². The molecule has 1 aromatic heterocycles. The van der Waals surface area contributed by atoms with Crippen molar-refractivity contribution in [2.45, 2.75) is 17.9 Å². The van der Waals surface area contributed by atoms with Crippen molar-refractivity contribution in [3.8, 4) is 0 Å². The van der Waals surface area contributed by atoms with Gasteiger partial charge < -0.3 is 10.2 Å². The molecule has 0 spiro atoms. The van der Waals surface area contributed by atoms with Gasteiger partial charge in [-0.15, -0.1) is 11.8 Å². The Morgan fingerprint density at radius 3 is 2.96 bits per heavy atom. The van der Waals surface area contributed by atoms with E-state index in [0.717, 1.165) is 36.8 Å². The molecule has 1 fully saturated rings. The van der Waals surface area contributed by atoms with Crippen LogP contribution in [-0.2, 0) is 0 Å². The molecule has 24 heavy (non-hydrogen) atoms. The summed E-state index contributed by atoms with van der Waals surface area (Å²) >= 11 is 1.60. The lowest BCUT2D eigenvalue weighted by atomic mass is 9.98. The summed E-state index contributed by atoms with van der Waals surface area (Å²) in [7, 11) is 0. The van der Waals surface area contributed by atoms with Gasteiger partial charge in [0, 0.05) is 25.2 Å². The molecule has 6 heteroatoms. The molecule has 0 radical (unpaired) electrons. The second-order valence-electron chi connectivity index (χ2n) is 5.95. The van der Waals surface area contributed by atoms with Crippen LogP contribution in [0.1, 0.15) is 23.2 Å². The first kappa shape index (κ1) is 16.8. The van der Waals surface area contributed by atoms with Crippen molar-refractivity contribution < 1.29 is 4.79 Å². The lowest BCUT2D eigenvalue weighted by Crippen LogP contribution is -2.41. The molecule has 1 unspecified atom stereocenters. The number of benzene rings is 1. The maximum atomic E-state index is 12.2. The van der Waals surface area contributed by atoms with Gasteiger partial charge in [0.25, 0.3) is 5.91 Å². The smallest absolute Gasteiger partial charge is 0.251 e. The van der Waals surface area contributed by atoms with Crippen LogP contribution in [0.15, 0.2) is 47.8 Å². The van der Waals surface area contributed by atoms with Crippen LogP contribution in [0, 0.1) is 5.92 Å². The SMILES string of the molecule is CSc1cncc(N2CCCC(CNC(=O)c3ccccc3)C2)n1. The predicted molar refractivity (Wildman–Crippen MR) is 97.5 cm³/mol. The highest BCUT2D eigenvalue weighted by atomic mass is 32.2. The van der Waals surface area contributed by atoms with E-state index in [9.17, 15) is 4.79 Å². The van der Waals surface area contributed by atoms with E-state index in [4.69, 9.17) is 0 Å². The van der Waals surface area contributed by atoms with E-state index in [1.54, 1.807) is 18.0 Å². The third kappa shape index (κ3) is 4.26. The van der Waals surface area contributed by atoms with Crippen molar-refractivity contribution in [2.24, 2.45) is 5.92 Å². The number of amides is 1. The van der Waals surface area contributed by atoms with Gasteiger partial charge in [0.05, 0.1) is 12.4 Å². The molecule has 1 amide bonds. The van der Waals surface area contributed by atoms with E-state index in [1.807, 2.05) is 42.8 Å².